The van der Waals surface area contributed by atoms with E-state index >= 15 is 0 Å². The van der Waals surface area contributed by atoms with E-state index in [4.69, 9.17) is 16.4 Å². The first-order chi connectivity index (χ1) is 13.4. The summed E-state index contributed by atoms with van der Waals surface area (Å²) in [6.45, 7) is 0. The number of carbonyl (C=O) groups is 1. The van der Waals surface area contributed by atoms with Gasteiger partial charge in [0.2, 0.25) is 0 Å². The molecular weight excluding hydrogens is 414 g/mol. The molecule has 1 heterocycles. The Morgan fingerprint density at radius 2 is 1.68 bits per heavy atom. The topological polar surface area (TPSA) is 72.5 Å². The van der Waals surface area contributed by atoms with Crippen LogP contribution in [0.2, 0.25) is 0 Å². The highest BCUT2D eigenvalue weighted by Gasteiger charge is 2.22. The highest BCUT2D eigenvalue weighted by Crippen LogP contribution is 2.27. The Balaban J connectivity index is 1.55. The van der Waals surface area contributed by atoms with E-state index in [1.165, 1.54) is 17.8 Å². The molecule has 0 saturated carbocycles. The molecule has 4 rings (SSSR count). The van der Waals surface area contributed by atoms with Gasteiger partial charge in [-0.15, -0.1) is 0 Å². The van der Waals surface area contributed by atoms with Gasteiger partial charge in [0.05, 0.1) is 4.91 Å². The molecule has 1 aliphatic heterocycles. The molecule has 1 saturated heterocycles. The van der Waals surface area contributed by atoms with Crippen molar-refractivity contribution in [3.8, 4) is 5.75 Å². The van der Waals surface area contributed by atoms with Gasteiger partial charge >= 0.3 is 10.1 Å². The summed E-state index contributed by atoms with van der Waals surface area (Å²) in [7, 11) is -3.96. The number of rotatable bonds is 4. The molecule has 1 N–H and O–H groups in total. The predicted octanol–water partition coefficient (Wildman–Crippen LogP) is 4.10. The monoisotopic (exact) mass is 427 g/mol. The summed E-state index contributed by atoms with van der Waals surface area (Å²) in [5, 5.41) is 4.31. The SMILES string of the molecule is O=C1NC(=S)SC1=Cc1ccc(OS(=O)(=O)c2ccc3ccccc3c2)cc1. The standard InChI is InChI=1S/C20H13NO4S3/c22-19-18(27-20(26)21-19)11-13-5-8-16(9-6-13)25-28(23,24)17-10-7-14-3-1-2-4-15(14)12-17/h1-12H,(H,21,22,26). The molecule has 1 amide bonds. The average Bonchev–Trinajstić information content (AvgIpc) is 2.99. The molecule has 0 bridgehead atoms. The Bertz CT molecular complexity index is 1230. The Morgan fingerprint density at radius 1 is 0.964 bits per heavy atom. The zero-order chi connectivity index (χ0) is 19.7. The van der Waals surface area contributed by atoms with Crippen LogP contribution in [0.5, 0.6) is 5.75 Å². The highest BCUT2D eigenvalue weighted by atomic mass is 32.2. The van der Waals surface area contributed by atoms with E-state index < -0.39 is 10.1 Å². The zero-order valence-electron chi connectivity index (χ0n) is 14.3. The minimum absolute atomic E-state index is 0.0879. The second-order valence-corrected chi connectivity index (χ2v) is 9.23. The van der Waals surface area contributed by atoms with Crippen molar-refractivity contribution in [2.24, 2.45) is 0 Å². The second kappa shape index (κ2) is 7.38. The fourth-order valence-electron chi connectivity index (χ4n) is 2.69. The molecule has 1 fully saturated rings. The molecule has 0 aliphatic carbocycles. The largest absolute Gasteiger partial charge is 0.379 e. The van der Waals surface area contributed by atoms with Gasteiger partial charge in [0.15, 0.2) is 0 Å². The molecule has 140 valence electrons. The summed E-state index contributed by atoms with van der Waals surface area (Å²) in [4.78, 5) is 12.3. The van der Waals surface area contributed by atoms with Gasteiger partial charge in [0.25, 0.3) is 5.91 Å². The van der Waals surface area contributed by atoms with Crippen LogP contribution in [0.15, 0.2) is 76.5 Å². The third kappa shape index (κ3) is 3.94. The Hall–Kier alpha value is -2.68. The van der Waals surface area contributed by atoms with Gasteiger partial charge < -0.3 is 9.50 Å². The fraction of sp³-hybridized carbons (Fsp3) is 0. The molecule has 3 aromatic rings. The van der Waals surface area contributed by atoms with Gasteiger partial charge in [-0.3, -0.25) is 4.79 Å². The van der Waals surface area contributed by atoms with E-state index in [1.807, 2.05) is 24.3 Å². The summed E-state index contributed by atoms with van der Waals surface area (Å²) >= 11 is 6.13. The first kappa shape index (κ1) is 18.7. The summed E-state index contributed by atoms with van der Waals surface area (Å²) in [5.74, 6) is -0.0523. The van der Waals surface area contributed by atoms with Crippen LogP contribution in [0.4, 0.5) is 0 Å². The number of thiocarbonyl (C=S) groups is 1. The lowest BCUT2D eigenvalue weighted by atomic mass is 10.1. The van der Waals surface area contributed by atoms with E-state index in [1.54, 1.807) is 42.5 Å². The van der Waals surface area contributed by atoms with E-state index in [-0.39, 0.29) is 16.6 Å². The highest BCUT2D eigenvalue weighted by molar-refractivity contribution is 8.26. The van der Waals surface area contributed by atoms with Gasteiger partial charge in [0, 0.05) is 0 Å². The third-order valence-corrected chi connectivity index (χ3v) is 6.44. The zero-order valence-corrected chi connectivity index (χ0v) is 16.7. The maximum atomic E-state index is 12.6. The second-order valence-electron chi connectivity index (χ2n) is 5.97. The van der Waals surface area contributed by atoms with Gasteiger partial charge in [-0.2, -0.15) is 8.42 Å². The van der Waals surface area contributed by atoms with Crippen molar-refractivity contribution in [2.45, 2.75) is 4.90 Å². The number of fused-ring (bicyclic) bond motifs is 1. The van der Waals surface area contributed by atoms with Gasteiger partial charge in [-0.1, -0.05) is 66.4 Å². The Kier molecular flexibility index (Phi) is 4.92. The maximum absolute atomic E-state index is 12.6. The predicted molar refractivity (Wildman–Crippen MR) is 115 cm³/mol. The summed E-state index contributed by atoms with van der Waals surface area (Å²) in [5.41, 5.74) is 0.734. The molecule has 0 atom stereocenters. The molecule has 0 spiro atoms. The van der Waals surface area contributed by atoms with E-state index in [9.17, 15) is 13.2 Å². The number of carbonyl (C=O) groups excluding carboxylic acids is 1. The van der Waals surface area contributed by atoms with Crippen LogP contribution >= 0.6 is 24.0 Å². The number of hydrogen-bond donors (Lipinski definition) is 1. The van der Waals surface area contributed by atoms with E-state index in [0.29, 0.717) is 9.23 Å². The number of amides is 1. The molecule has 5 nitrogen and oxygen atoms in total. The summed E-state index contributed by atoms with van der Waals surface area (Å²) in [6.07, 6.45) is 1.68. The van der Waals surface area contributed by atoms with Crippen LogP contribution < -0.4 is 9.50 Å². The Morgan fingerprint density at radius 3 is 2.36 bits per heavy atom. The lowest BCUT2D eigenvalue weighted by Gasteiger charge is -2.08. The lowest BCUT2D eigenvalue weighted by molar-refractivity contribution is -0.115. The van der Waals surface area contributed by atoms with Crippen LogP contribution in [0.25, 0.3) is 16.8 Å². The number of nitrogens with one attached hydrogen (secondary N) is 1. The first-order valence-corrected chi connectivity index (χ1v) is 10.8. The minimum Gasteiger partial charge on any atom is -0.379 e. The average molecular weight is 428 g/mol. The van der Waals surface area contributed by atoms with Crippen LogP contribution in [0.3, 0.4) is 0 Å². The molecule has 0 unspecified atom stereocenters. The van der Waals surface area contributed by atoms with Gasteiger partial charge in [0.1, 0.15) is 15.0 Å². The third-order valence-electron chi connectivity index (χ3n) is 4.04. The van der Waals surface area contributed by atoms with Crippen LogP contribution in [-0.2, 0) is 14.9 Å². The molecular formula is C20H13NO4S3. The lowest BCUT2D eigenvalue weighted by Crippen LogP contribution is -2.17. The van der Waals surface area contributed by atoms with Crippen molar-refractivity contribution in [3.05, 3.63) is 77.2 Å². The van der Waals surface area contributed by atoms with Crippen LogP contribution in [0.1, 0.15) is 5.56 Å². The van der Waals surface area contributed by atoms with E-state index in [0.717, 1.165) is 16.3 Å². The summed E-state index contributed by atoms with van der Waals surface area (Å²) in [6, 6.07) is 18.8. The van der Waals surface area contributed by atoms with Gasteiger partial charge in [-0.05, 0) is 46.7 Å². The minimum atomic E-state index is -3.96. The van der Waals surface area contributed by atoms with Crippen molar-refractivity contribution < 1.29 is 17.4 Å². The quantitative estimate of drug-likeness (QED) is 0.384. The summed E-state index contributed by atoms with van der Waals surface area (Å²) < 4.78 is 30.8. The van der Waals surface area contributed by atoms with Crippen molar-refractivity contribution in [2.75, 3.05) is 0 Å². The molecule has 3 aromatic carbocycles. The fourth-order valence-corrected chi connectivity index (χ4v) is 4.70. The maximum Gasteiger partial charge on any atom is 0.339 e. The normalized spacial score (nSPS) is 15.8. The van der Waals surface area contributed by atoms with Crippen LogP contribution in [-0.4, -0.2) is 18.6 Å². The number of benzene rings is 3. The van der Waals surface area contributed by atoms with Crippen LogP contribution in [0, 0.1) is 0 Å². The van der Waals surface area contributed by atoms with E-state index in [2.05, 4.69) is 5.32 Å². The van der Waals surface area contributed by atoms with Crippen molar-refractivity contribution in [1.82, 2.24) is 5.32 Å². The molecule has 8 heteroatoms. The Labute approximate surface area is 171 Å². The molecule has 1 aliphatic rings. The molecule has 0 aromatic heterocycles. The first-order valence-electron chi connectivity index (χ1n) is 8.19. The molecule has 28 heavy (non-hydrogen) atoms. The van der Waals surface area contributed by atoms with Crippen molar-refractivity contribution in [3.63, 3.8) is 0 Å². The van der Waals surface area contributed by atoms with Gasteiger partial charge in [-0.25, -0.2) is 0 Å². The number of thioether (sulfide) groups is 1. The van der Waals surface area contributed by atoms with Crippen molar-refractivity contribution >= 4 is 61.2 Å². The molecule has 0 radical (unpaired) electrons. The smallest absolute Gasteiger partial charge is 0.339 e. The van der Waals surface area contributed by atoms with Crippen molar-refractivity contribution in [1.29, 1.82) is 0 Å². The number of hydrogen-bond acceptors (Lipinski definition) is 6.